The minimum Gasteiger partial charge on any atom is -0.444 e. The van der Waals surface area contributed by atoms with Crippen LogP contribution in [0.5, 0.6) is 0 Å². The van der Waals surface area contributed by atoms with Crippen molar-refractivity contribution in [2.24, 2.45) is 11.3 Å². The fourth-order valence-corrected chi connectivity index (χ4v) is 4.17. The SMILES string of the molecule is CC(C)(C)OC(=O)N1CCC2(CCC(C#Cc3cc(Cl)nnc3N)CC2)CC1. The molecule has 1 aromatic rings. The van der Waals surface area contributed by atoms with Crippen molar-refractivity contribution in [2.45, 2.75) is 64.9 Å². The molecule has 28 heavy (non-hydrogen) atoms. The molecule has 0 bridgehead atoms. The second-order valence-electron chi connectivity index (χ2n) is 8.98. The Balaban J connectivity index is 1.52. The van der Waals surface area contributed by atoms with E-state index in [1.165, 1.54) is 0 Å². The predicted molar refractivity (Wildman–Crippen MR) is 110 cm³/mol. The molecule has 1 saturated carbocycles. The van der Waals surface area contributed by atoms with Gasteiger partial charge in [0.25, 0.3) is 0 Å². The maximum atomic E-state index is 12.3. The molecule has 1 aliphatic heterocycles. The first kappa shape index (κ1) is 20.7. The second kappa shape index (κ2) is 8.16. The summed E-state index contributed by atoms with van der Waals surface area (Å²) in [5.74, 6) is 7.15. The second-order valence-corrected chi connectivity index (χ2v) is 9.36. The van der Waals surface area contributed by atoms with Crippen LogP contribution in [-0.4, -0.2) is 39.9 Å². The molecule has 2 fully saturated rings. The smallest absolute Gasteiger partial charge is 0.410 e. The van der Waals surface area contributed by atoms with Gasteiger partial charge in [-0.2, -0.15) is 0 Å². The summed E-state index contributed by atoms with van der Waals surface area (Å²) in [6.07, 6.45) is 6.35. The monoisotopic (exact) mass is 404 g/mol. The van der Waals surface area contributed by atoms with Crippen LogP contribution in [0.4, 0.5) is 10.6 Å². The quantitative estimate of drug-likeness (QED) is 0.653. The lowest BCUT2D eigenvalue weighted by molar-refractivity contribution is 0.00297. The standard InChI is InChI=1S/C21H29ClN4O2/c1-20(2,3)28-19(27)26-12-10-21(11-13-26)8-6-15(7-9-21)4-5-16-14-17(22)24-25-18(16)23/h14-15H,6-13H2,1-3H3,(H2,23,25). The number of hydrogen-bond donors (Lipinski definition) is 1. The first-order valence-corrected chi connectivity index (χ1v) is 10.3. The van der Waals surface area contributed by atoms with E-state index in [4.69, 9.17) is 22.1 Å². The average molecular weight is 405 g/mol. The Morgan fingerprint density at radius 1 is 1.25 bits per heavy atom. The molecule has 0 aromatic carbocycles. The molecule has 1 saturated heterocycles. The number of likely N-dealkylation sites (tertiary alicyclic amines) is 1. The third kappa shape index (κ3) is 5.29. The molecule has 0 radical (unpaired) electrons. The highest BCUT2D eigenvalue weighted by atomic mass is 35.5. The lowest BCUT2D eigenvalue weighted by atomic mass is 9.65. The molecule has 1 amide bonds. The molecule has 2 aliphatic rings. The van der Waals surface area contributed by atoms with Crippen LogP contribution in [0, 0.1) is 23.2 Å². The number of halogens is 1. The number of ether oxygens (including phenoxy) is 1. The number of piperidine rings is 1. The molecule has 7 heteroatoms. The highest BCUT2D eigenvalue weighted by Crippen LogP contribution is 2.46. The molecule has 1 aliphatic carbocycles. The molecular formula is C21H29ClN4O2. The van der Waals surface area contributed by atoms with E-state index in [1.807, 2.05) is 25.7 Å². The molecule has 0 atom stereocenters. The zero-order valence-corrected chi connectivity index (χ0v) is 17.7. The fourth-order valence-electron chi connectivity index (χ4n) is 4.02. The molecular weight excluding hydrogens is 376 g/mol. The molecule has 152 valence electrons. The van der Waals surface area contributed by atoms with Gasteiger partial charge in [0.05, 0.1) is 5.56 Å². The van der Waals surface area contributed by atoms with Gasteiger partial charge in [-0.15, -0.1) is 10.2 Å². The summed E-state index contributed by atoms with van der Waals surface area (Å²) in [4.78, 5) is 14.1. The summed E-state index contributed by atoms with van der Waals surface area (Å²) in [6.45, 7) is 7.28. The van der Waals surface area contributed by atoms with Crippen LogP contribution in [0.1, 0.15) is 64.9 Å². The summed E-state index contributed by atoms with van der Waals surface area (Å²) >= 11 is 5.87. The van der Waals surface area contributed by atoms with E-state index in [-0.39, 0.29) is 6.09 Å². The first-order valence-electron chi connectivity index (χ1n) is 9.94. The number of carbonyl (C=O) groups excluding carboxylic acids is 1. The molecule has 1 aromatic heterocycles. The van der Waals surface area contributed by atoms with E-state index in [9.17, 15) is 4.79 Å². The van der Waals surface area contributed by atoms with Crippen LogP contribution in [0.3, 0.4) is 0 Å². The molecule has 2 N–H and O–H groups in total. The Labute approximate surface area is 172 Å². The van der Waals surface area contributed by atoms with Crippen LogP contribution in [0.25, 0.3) is 0 Å². The van der Waals surface area contributed by atoms with Crippen LogP contribution >= 0.6 is 11.6 Å². The van der Waals surface area contributed by atoms with Crippen molar-refractivity contribution in [3.63, 3.8) is 0 Å². The van der Waals surface area contributed by atoms with Gasteiger partial charge in [0, 0.05) is 19.0 Å². The Bertz CT molecular complexity index is 776. The summed E-state index contributed by atoms with van der Waals surface area (Å²) in [5, 5.41) is 7.82. The van der Waals surface area contributed by atoms with E-state index >= 15 is 0 Å². The minimum absolute atomic E-state index is 0.191. The number of nitrogens with two attached hydrogens (primary N) is 1. The van der Waals surface area contributed by atoms with E-state index in [1.54, 1.807) is 6.07 Å². The summed E-state index contributed by atoms with van der Waals surface area (Å²) < 4.78 is 5.50. The lowest BCUT2D eigenvalue weighted by Crippen LogP contribution is -2.46. The highest BCUT2D eigenvalue weighted by molar-refractivity contribution is 6.29. The zero-order chi connectivity index (χ0) is 20.4. The van der Waals surface area contributed by atoms with Crippen LogP contribution < -0.4 is 5.73 Å². The number of nitrogens with zero attached hydrogens (tertiary/aromatic N) is 3. The van der Waals surface area contributed by atoms with E-state index in [0.29, 0.717) is 27.9 Å². The van der Waals surface area contributed by atoms with Crippen molar-refractivity contribution >= 4 is 23.5 Å². The number of hydrogen-bond acceptors (Lipinski definition) is 5. The topological polar surface area (TPSA) is 81.3 Å². The van der Waals surface area contributed by atoms with Crippen LogP contribution in [-0.2, 0) is 4.74 Å². The van der Waals surface area contributed by atoms with Crippen molar-refractivity contribution in [2.75, 3.05) is 18.8 Å². The number of carbonyl (C=O) groups is 1. The fraction of sp³-hybridized carbons (Fsp3) is 0.667. The average Bonchev–Trinajstić information content (AvgIpc) is 2.63. The van der Waals surface area contributed by atoms with Crippen molar-refractivity contribution in [3.05, 3.63) is 16.8 Å². The molecule has 1 spiro atoms. The first-order chi connectivity index (χ1) is 13.2. The van der Waals surface area contributed by atoms with Crippen molar-refractivity contribution in [3.8, 4) is 11.8 Å². The van der Waals surface area contributed by atoms with Gasteiger partial charge in [-0.1, -0.05) is 23.4 Å². The highest BCUT2D eigenvalue weighted by Gasteiger charge is 2.39. The van der Waals surface area contributed by atoms with Gasteiger partial charge < -0.3 is 15.4 Å². The maximum absolute atomic E-state index is 12.3. The maximum Gasteiger partial charge on any atom is 0.410 e. The predicted octanol–water partition coefficient (Wildman–Crippen LogP) is 4.27. The lowest BCUT2D eigenvalue weighted by Gasteiger charge is -2.45. The van der Waals surface area contributed by atoms with Gasteiger partial charge in [0.15, 0.2) is 11.0 Å². The van der Waals surface area contributed by atoms with Gasteiger partial charge in [0.2, 0.25) is 0 Å². The third-order valence-electron chi connectivity index (χ3n) is 5.73. The molecule has 6 nitrogen and oxygen atoms in total. The van der Waals surface area contributed by atoms with Gasteiger partial charge in [-0.05, 0) is 70.8 Å². The third-order valence-corrected chi connectivity index (χ3v) is 5.91. The van der Waals surface area contributed by atoms with E-state index < -0.39 is 5.60 Å². The Hall–Kier alpha value is -2.00. The van der Waals surface area contributed by atoms with Crippen LogP contribution in [0.2, 0.25) is 5.15 Å². The molecule has 2 heterocycles. The normalized spacial score (nSPS) is 19.8. The number of nitrogen functional groups attached to an aromatic ring is 1. The molecule has 0 unspecified atom stereocenters. The Morgan fingerprint density at radius 2 is 1.89 bits per heavy atom. The van der Waals surface area contributed by atoms with E-state index in [0.717, 1.165) is 51.6 Å². The van der Waals surface area contributed by atoms with Crippen molar-refractivity contribution in [1.29, 1.82) is 0 Å². The Morgan fingerprint density at radius 3 is 2.50 bits per heavy atom. The minimum atomic E-state index is -0.444. The van der Waals surface area contributed by atoms with Crippen molar-refractivity contribution < 1.29 is 9.53 Å². The summed E-state index contributed by atoms with van der Waals surface area (Å²) in [5.41, 5.74) is 6.36. The number of aromatic nitrogens is 2. The van der Waals surface area contributed by atoms with Gasteiger partial charge in [-0.3, -0.25) is 0 Å². The number of rotatable bonds is 0. The van der Waals surface area contributed by atoms with Crippen LogP contribution in [0.15, 0.2) is 6.07 Å². The summed E-state index contributed by atoms with van der Waals surface area (Å²) in [6, 6.07) is 1.66. The summed E-state index contributed by atoms with van der Waals surface area (Å²) in [7, 11) is 0. The van der Waals surface area contributed by atoms with Gasteiger partial charge >= 0.3 is 6.09 Å². The van der Waals surface area contributed by atoms with Crippen molar-refractivity contribution in [1.82, 2.24) is 15.1 Å². The molecule has 3 rings (SSSR count). The number of anilines is 1. The van der Waals surface area contributed by atoms with Gasteiger partial charge in [-0.25, -0.2) is 4.79 Å². The Kier molecular flexibility index (Phi) is 6.04. The largest absolute Gasteiger partial charge is 0.444 e. The zero-order valence-electron chi connectivity index (χ0n) is 16.9. The number of amides is 1. The van der Waals surface area contributed by atoms with E-state index in [2.05, 4.69) is 22.0 Å². The van der Waals surface area contributed by atoms with Gasteiger partial charge in [0.1, 0.15) is 5.60 Å².